The van der Waals surface area contributed by atoms with Gasteiger partial charge in [-0.3, -0.25) is 4.79 Å². The van der Waals surface area contributed by atoms with E-state index >= 15 is 0 Å². The molecule has 0 saturated carbocycles. The number of nitrogens with one attached hydrogen (secondary N) is 1. The molecule has 0 aliphatic heterocycles. The Kier molecular flexibility index (Phi) is 6.77. The predicted molar refractivity (Wildman–Crippen MR) is 111 cm³/mol. The Hall–Kier alpha value is -2.87. The summed E-state index contributed by atoms with van der Waals surface area (Å²) in [7, 11) is 0. The summed E-state index contributed by atoms with van der Waals surface area (Å²) in [6, 6.07) is 18.7. The third-order valence-corrected chi connectivity index (χ3v) is 5.34. The van der Waals surface area contributed by atoms with Gasteiger partial charge in [0.2, 0.25) is 5.91 Å². The lowest BCUT2D eigenvalue weighted by atomic mass is 10.1. The quantitative estimate of drug-likeness (QED) is 0.412. The molecule has 0 bridgehead atoms. The second-order valence-corrected chi connectivity index (χ2v) is 7.99. The summed E-state index contributed by atoms with van der Waals surface area (Å²) < 4.78 is 40.0. The van der Waals surface area contributed by atoms with Crippen LogP contribution in [0.4, 0.5) is 13.2 Å². The summed E-state index contributed by atoms with van der Waals surface area (Å²) in [6.45, 7) is 3.46. The van der Waals surface area contributed by atoms with Gasteiger partial charge in [0.05, 0.1) is 17.0 Å². The Morgan fingerprint density at radius 2 is 1.57 bits per heavy atom. The molecule has 0 saturated heterocycles. The van der Waals surface area contributed by atoms with Gasteiger partial charge >= 0.3 is 6.18 Å². The van der Waals surface area contributed by atoms with E-state index in [4.69, 9.17) is 0 Å². The van der Waals surface area contributed by atoms with Crippen LogP contribution < -0.4 is 5.32 Å². The Morgan fingerprint density at radius 1 is 0.967 bits per heavy atom. The monoisotopic (exact) mass is 431 g/mol. The number of benzene rings is 2. The number of alkyl halides is 3. The SMILES string of the molecule is C[C@@H](Sc1nc(-c2ccccc2)cc(C(F)(F)F)n1)C(=O)N[C@H](C)c1ccccc1. The summed E-state index contributed by atoms with van der Waals surface area (Å²) in [6.07, 6.45) is -4.62. The molecule has 1 amide bonds. The molecule has 2 aromatic carbocycles. The lowest BCUT2D eigenvalue weighted by Gasteiger charge is -2.18. The van der Waals surface area contributed by atoms with Crippen molar-refractivity contribution >= 4 is 17.7 Å². The molecule has 2 atom stereocenters. The number of thioether (sulfide) groups is 1. The molecular formula is C22H20F3N3OS. The molecule has 0 spiro atoms. The molecule has 0 aliphatic carbocycles. The van der Waals surface area contributed by atoms with E-state index in [1.165, 1.54) is 0 Å². The molecule has 8 heteroatoms. The van der Waals surface area contributed by atoms with E-state index in [-0.39, 0.29) is 22.8 Å². The lowest BCUT2D eigenvalue weighted by Crippen LogP contribution is -2.33. The van der Waals surface area contributed by atoms with E-state index < -0.39 is 17.1 Å². The zero-order valence-electron chi connectivity index (χ0n) is 16.4. The van der Waals surface area contributed by atoms with E-state index in [1.807, 2.05) is 37.3 Å². The third kappa shape index (κ3) is 5.60. The standard InChI is InChI=1S/C22H20F3N3OS/c1-14(16-9-5-3-6-10-16)26-20(29)15(2)30-21-27-18(17-11-7-4-8-12-17)13-19(28-21)22(23,24)25/h3-15H,1-2H3,(H,26,29)/t14-,15-/m1/s1. The maximum atomic E-state index is 13.3. The maximum absolute atomic E-state index is 13.3. The van der Waals surface area contributed by atoms with Gasteiger partial charge in [0.25, 0.3) is 0 Å². The van der Waals surface area contributed by atoms with Crippen molar-refractivity contribution in [2.24, 2.45) is 0 Å². The van der Waals surface area contributed by atoms with Gasteiger partial charge in [-0.2, -0.15) is 13.2 Å². The number of carbonyl (C=O) groups excluding carboxylic acids is 1. The Bertz CT molecular complexity index is 998. The Labute approximate surface area is 177 Å². The second-order valence-electron chi connectivity index (χ2n) is 6.69. The molecule has 3 rings (SSSR count). The van der Waals surface area contributed by atoms with Crippen LogP contribution >= 0.6 is 11.8 Å². The number of halogens is 3. The summed E-state index contributed by atoms with van der Waals surface area (Å²) in [4.78, 5) is 20.4. The van der Waals surface area contributed by atoms with E-state index in [9.17, 15) is 18.0 Å². The molecule has 4 nitrogen and oxygen atoms in total. The fraction of sp³-hybridized carbons (Fsp3) is 0.227. The van der Waals surface area contributed by atoms with Crippen molar-refractivity contribution in [3.05, 3.63) is 78.0 Å². The lowest BCUT2D eigenvalue weighted by molar-refractivity contribution is -0.141. The van der Waals surface area contributed by atoms with Gasteiger partial charge in [0.1, 0.15) is 5.69 Å². The molecule has 1 aromatic heterocycles. The van der Waals surface area contributed by atoms with E-state index in [0.717, 1.165) is 23.4 Å². The van der Waals surface area contributed by atoms with Gasteiger partial charge in [-0.25, -0.2) is 9.97 Å². The highest BCUT2D eigenvalue weighted by Gasteiger charge is 2.34. The van der Waals surface area contributed by atoms with Crippen molar-refractivity contribution in [2.45, 2.75) is 36.5 Å². The smallest absolute Gasteiger partial charge is 0.349 e. The number of aromatic nitrogens is 2. The first-order chi connectivity index (χ1) is 14.2. The van der Waals surface area contributed by atoms with Gasteiger partial charge in [-0.15, -0.1) is 0 Å². The molecule has 1 heterocycles. The minimum atomic E-state index is -4.62. The van der Waals surface area contributed by atoms with Gasteiger partial charge < -0.3 is 5.32 Å². The average molecular weight is 431 g/mol. The molecule has 3 aromatic rings. The van der Waals surface area contributed by atoms with Crippen LogP contribution in [0.15, 0.2) is 71.9 Å². The minimum Gasteiger partial charge on any atom is -0.349 e. The second kappa shape index (κ2) is 9.30. The zero-order chi connectivity index (χ0) is 21.7. The van der Waals surface area contributed by atoms with Gasteiger partial charge in [-0.05, 0) is 25.5 Å². The van der Waals surface area contributed by atoms with Crippen LogP contribution in [0.2, 0.25) is 0 Å². The van der Waals surface area contributed by atoms with Crippen LogP contribution in [-0.4, -0.2) is 21.1 Å². The first-order valence-electron chi connectivity index (χ1n) is 9.27. The van der Waals surface area contributed by atoms with Crippen LogP contribution in [0.25, 0.3) is 11.3 Å². The topological polar surface area (TPSA) is 54.9 Å². The molecule has 0 aliphatic rings. The fourth-order valence-corrected chi connectivity index (χ4v) is 3.54. The van der Waals surface area contributed by atoms with Crippen molar-refractivity contribution in [3.8, 4) is 11.3 Å². The number of nitrogens with zero attached hydrogens (tertiary/aromatic N) is 2. The van der Waals surface area contributed by atoms with Crippen LogP contribution in [0.3, 0.4) is 0 Å². The van der Waals surface area contributed by atoms with E-state index in [2.05, 4.69) is 15.3 Å². The van der Waals surface area contributed by atoms with Crippen LogP contribution in [0.5, 0.6) is 0 Å². The molecule has 0 fully saturated rings. The highest BCUT2D eigenvalue weighted by Crippen LogP contribution is 2.33. The minimum absolute atomic E-state index is 0.0984. The van der Waals surface area contributed by atoms with Crippen molar-refractivity contribution < 1.29 is 18.0 Å². The number of amides is 1. The van der Waals surface area contributed by atoms with Gasteiger partial charge in [0, 0.05) is 5.56 Å². The predicted octanol–water partition coefficient (Wildman–Crippen LogP) is 5.52. The van der Waals surface area contributed by atoms with Crippen molar-refractivity contribution in [1.29, 1.82) is 0 Å². The molecule has 0 unspecified atom stereocenters. The molecule has 0 radical (unpaired) electrons. The van der Waals surface area contributed by atoms with Crippen LogP contribution in [0, 0.1) is 0 Å². The normalized spacial score (nSPS) is 13.5. The Morgan fingerprint density at radius 3 is 2.17 bits per heavy atom. The number of rotatable bonds is 6. The van der Waals surface area contributed by atoms with Crippen molar-refractivity contribution in [2.75, 3.05) is 0 Å². The number of hydrogen-bond acceptors (Lipinski definition) is 4. The highest BCUT2D eigenvalue weighted by atomic mass is 32.2. The number of hydrogen-bond donors (Lipinski definition) is 1. The number of carbonyl (C=O) groups is 1. The van der Waals surface area contributed by atoms with Crippen LogP contribution in [-0.2, 0) is 11.0 Å². The first kappa shape index (κ1) is 21.8. The summed E-state index contributed by atoms with van der Waals surface area (Å²) in [5.74, 6) is -0.307. The summed E-state index contributed by atoms with van der Waals surface area (Å²) in [5, 5.41) is 2.09. The molecule has 156 valence electrons. The van der Waals surface area contributed by atoms with Crippen LogP contribution in [0.1, 0.15) is 31.1 Å². The summed E-state index contributed by atoms with van der Waals surface area (Å²) >= 11 is 0.894. The van der Waals surface area contributed by atoms with Crippen molar-refractivity contribution in [1.82, 2.24) is 15.3 Å². The molecule has 1 N–H and O–H groups in total. The Balaban J connectivity index is 1.80. The highest BCUT2D eigenvalue weighted by molar-refractivity contribution is 8.00. The first-order valence-corrected chi connectivity index (χ1v) is 10.2. The molecular weight excluding hydrogens is 411 g/mol. The fourth-order valence-electron chi connectivity index (χ4n) is 2.75. The zero-order valence-corrected chi connectivity index (χ0v) is 17.2. The maximum Gasteiger partial charge on any atom is 0.433 e. The van der Waals surface area contributed by atoms with Gasteiger partial charge in [-0.1, -0.05) is 72.4 Å². The summed E-state index contributed by atoms with van der Waals surface area (Å²) in [5.41, 5.74) is 0.599. The van der Waals surface area contributed by atoms with Gasteiger partial charge in [0.15, 0.2) is 5.16 Å². The van der Waals surface area contributed by atoms with Crippen molar-refractivity contribution in [3.63, 3.8) is 0 Å². The third-order valence-electron chi connectivity index (χ3n) is 4.38. The largest absolute Gasteiger partial charge is 0.433 e. The average Bonchev–Trinajstić information content (AvgIpc) is 2.74. The molecule has 30 heavy (non-hydrogen) atoms. The van der Waals surface area contributed by atoms with E-state index in [1.54, 1.807) is 37.3 Å². The van der Waals surface area contributed by atoms with E-state index in [0.29, 0.717) is 5.56 Å².